The Hall–Kier alpha value is -1.82. The zero-order valence-corrected chi connectivity index (χ0v) is 13.9. The molecule has 3 N–H and O–H groups in total. The predicted molar refractivity (Wildman–Crippen MR) is 90.1 cm³/mol. The van der Waals surface area contributed by atoms with Gasteiger partial charge in [0.25, 0.3) is 0 Å². The van der Waals surface area contributed by atoms with Crippen molar-refractivity contribution in [1.82, 2.24) is 19.8 Å². The van der Waals surface area contributed by atoms with Gasteiger partial charge in [0, 0.05) is 44.8 Å². The van der Waals surface area contributed by atoms with Crippen LogP contribution >= 0.6 is 0 Å². The number of urea groups is 1. The van der Waals surface area contributed by atoms with Gasteiger partial charge in [-0.25, -0.2) is 9.78 Å². The van der Waals surface area contributed by atoms with Gasteiger partial charge in [0.2, 0.25) is 0 Å². The molecule has 0 radical (unpaired) electrons. The van der Waals surface area contributed by atoms with Crippen LogP contribution in [0.2, 0.25) is 0 Å². The third-order valence-corrected chi connectivity index (χ3v) is 4.86. The van der Waals surface area contributed by atoms with Crippen molar-refractivity contribution in [3.63, 3.8) is 0 Å². The van der Waals surface area contributed by atoms with Gasteiger partial charge in [-0.05, 0) is 32.1 Å². The second-order valence-corrected chi connectivity index (χ2v) is 6.73. The van der Waals surface area contributed by atoms with Gasteiger partial charge < -0.3 is 20.5 Å². The minimum atomic E-state index is -0.0447. The molecule has 0 unspecified atom stereocenters. The smallest absolute Gasteiger partial charge is 0.317 e. The molecule has 1 fully saturated rings. The van der Waals surface area contributed by atoms with Gasteiger partial charge in [0.05, 0.1) is 12.0 Å². The van der Waals surface area contributed by atoms with Crippen LogP contribution in [0.25, 0.3) is 0 Å². The fourth-order valence-corrected chi connectivity index (χ4v) is 3.51. The summed E-state index contributed by atoms with van der Waals surface area (Å²) in [6, 6.07) is -0.0491. The summed E-state index contributed by atoms with van der Waals surface area (Å²) in [6.45, 7) is 1.95. The number of hydrogen-bond donors (Lipinski definition) is 2. The summed E-state index contributed by atoms with van der Waals surface area (Å²) in [6.07, 6.45) is 12.0. The summed E-state index contributed by atoms with van der Waals surface area (Å²) < 4.78 is 1.92. The maximum atomic E-state index is 12.3. The van der Waals surface area contributed by atoms with Crippen LogP contribution in [0.15, 0.2) is 24.2 Å². The third-order valence-electron chi connectivity index (χ3n) is 4.86. The minimum absolute atomic E-state index is 0.00436. The van der Waals surface area contributed by atoms with Crippen molar-refractivity contribution in [3.05, 3.63) is 29.9 Å². The number of aryl methyl sites for hydroxylation is 1. The van der Waals surface area contributed by atoms with Crippen LogP contribution in [0.1, 0.15) is 43.7 Å². The Morgan fingerprint density at radius 3 is 3.00 bits per heavy atom. The van der Waals surface area contributed by atoms with Crippen LogP contribution < -0.4 is 11.1 Å². The fourth-order valence-electron chi connectivity index (χ4n) is 3.51. The number of rotatable bonds is 4. The minimum Gasteiger partial charge on any atom is -0.340 e. The number of carbonyl (C=O) groups excluding carboxylic acids is 1. The molecule has 6 heteroatoms. The van der Waals surface area contributed by atoms with Crippen molar-refractivity contribution in [2.75, 3.05) is 19.6 Å². The van der Waals surface area contributed by atoms with E-state index in [-0.39, 0.29) is 18.0 Å². The Labute approximate surface area is 137 Å². The molecule has 2 aliphatic rings. The van der Waals surface area contributed by atoms with Crippen LogP contribution in [0, 0.1) is 0 Å². The van der Waals surface area contributed by atoms with Gasteiger partial charge >= 0.3 is 6.03 Å². The summed E-state index contributed by atoms with van der Waals surface area (Å²) in [7, 11) is 1.95. The number of amides is 2. The molecule has 1 saturated heterocycles. The first-order valence-electron chi connectivity index (χ1n) is 8.57. The summed E-state index contributed by atoms with van der Waals surface area (Å²) in [5.41, 5.74) is 8.68. The summed E-state index contributed by atoms with van der Waals surface area (Å²) in [5, 5.41) is 3.03. The fraction of sp³-hybridized carbons (Fsp3) is 0.647. The molecular weight excluding hydrogens is 290 g/mol. The zero-order valence-electron chi connectivity index (χ0n) is 13.9. The first kappa shape index (κ1) is 16.1. The maximum absolute atomic E-state index is 12.3. The first-order chi connectivity index (χ1) is 11.1. The molecule has 1 aromatic heterocycles. The van der Waals surface area contributed by atoms with Gasteiger partial charge in [-0.15, -0.1) is 0 Å². The molecule has 0 spiro atoms. The van der Waals surface area contributed by atoms with Crippen molar-refractivity contribution < 1.29 is 4.79 Å². The van der Waals surface area contributed by atoms with E-state index in [1.807, 2.05) is 22.7 Å². The number of nitrogens with two attached hydrogens (primary N) is 1. The number of allylic oxidation sites excluding steroid dienone is 1. The molecule has 126 valence electrons. The molecule has 1 aliphatic carbocycles. The van der Waals surface area contributed by atoms with Gasteiger partial charge in [0.1, 0.15) is 0 Å². The van der Waals surface area contributed by atoms with E-state index in [4.69, 9.17) is 5.73 Å². The van der Waals surface area contributed by atoms with E-state index in [1.54, 1.807) is 6.33 Å². The van der Waals surface area contributed by atoms with Crippen LogP contribution in [0.5, 0.6) is 0 Å². The molecule has 1 aliphatic heterocycles. The molecule has 2 amide bonds. The molecule has 23 heavy (non-hydrogen) atoms. The summed E-state index contributed by atoms with van der Waals surface area (Å²) >= 11 is 0. The molecule has 2 atom stereocenters. The molecule has 0 aromatic carbocycles. The highest BCUT2D eigenvalue weighted by molar-refractivity contribution is 5.74. The largest absolute Gasteiger partial charge is 0.340 e. The normalized spacial score (nSPS) is 24.6. The molecule has 1 aromatic rings. The van der Waals surface area contributed by atoms with Crippen molar-refractivity contribution in [1.29, 1.82) is 0 Å². The van der Waals surface area contributed by atoms with Crippen LogP contribution in [0.3, 0.4) is 0 Å². The lowest BCUT2D eigenvalue weighted by Crippen LogP contribution is -2.40. The molecule has 3 rings (SSSR count). The summed E-state index contributed by atoms with van der Waals surface area (Å²) in [4.78, 5) is 18.5. The van der Waals surface area contributed by atoms with Gasteiger partial charge in [0.15, 0.2) is 0 Å². The van der Waals surface area contributed by atoms with E-state index in [0.29, 0.717) is 19.6 Å². The second kappa shape index (κ2) is 7.17. The first-order valence-corrected chi connectivity index (χ1v) is 8.57. The number of hydrogen-bond acceptors (Lipinski definition) is 3. The number of carbonyl (C=O) groups is 1. The number of imidazole rings is 1. The highest BCUT2D eigenvalue weighted by Crippen LogP contribution is 2.25. The highest BCUT2D eigenvalue weighted by atomic mass is 16.2. The molecule has 0 saturated carbocycles. The molecule has 0 bridgehead atoms. The average molecular weight is 317 g/mol. The highest BCUT2D eigenvalue weighted by Gasteiger charge is 2.35. The Kier molecular flexibility index (Phi) is 5.00. The summed E-state index contributed by atoms with van der Waals surface area (Å²) in [5.74, 6) is 0.128. The van der Waals surface area contributed by atoms with E-state index < -0.39 is 0 Å². The van der Waals surface area contributed by atoms with Crippen LogP contribution in [0.4, 0.5) is 4.79 Å². The van der Waals surface area contributed by atoms with Crippen LogP contribution in [-0.4, -0.2) is 46.2 Å². The number of nitrogens with one attached hydrogen (secondary N) is 1. The monoisotopic (exact) mass is 317 g/mol. The Morgan fingerprint density at radius 2 is 2.30 bits per heavy atom. The van der Waals surface area contributed by atoms with Crippen molar-refractivity contribution in [2.24, 2.45) is 12.8 Å². The Morgan fingerprint density at radius 1 is 1.43 bits per heavy atom. The molecule has 2 heterocycles. The quantitative estimate of drug-likeness (QED) is 0.831. The Bertz CT molecular complexity index is 579. The molecular formula is C17H27N5O. The average Bonchev–Trinajstić information content (AvgIpc) is 3.14. The van der Waals surface area contributed by atoms with Crippen LogP contribution in [-0.2, 0) is 7.05 Å². The van der Waals surface area contributed by atoms with E-state index in [9.17, 15) is 4.79 Å². The standard InChI is InChI=1S/C17H27N5O/c1-21-11-16(20-12-21)14-9-22(10-15(14)18)17(23)19-8-7-13-5-3-2-4-6-13/h5,11-12,14-15H,2-4,6-10,18H2,1H3,(H,19,23)/t14-,15-/m1/s1. The predicted octanol–water partition coefficient (Wildman–Crippen LogP) is 1.75. The van der Waals surface area contributed by atoms with E-state index in [1.165, 1.54) is 31.3 Å². The lowest BCUT2D eigenvalue weighted by atomic mass is 9.97. The van der Waals surface area contributed by atoms with E-state index in [2.05, 4.69) is 16.4 Å². The van der Waals surface area contributed by atoms with Gasteiger partial charge in [-0.3, -0.25) is 0 Å². The maximum Gasteiger partial charge on any atom is 0.317 e. The zero-order chi connectivity index (χ0) is 16.2. The van der Waals surface area contributed by atoms with Gasteiger partial charge in [-0.2, -0.15) is 0 Å². The van der Waals surface area contributed by atoms with Crippen molar-refractivity contribution in [3.8, 4) is 0 Å². The molecule has 6 nitrogen and oxygen atoms in total. The lowest BCUT2D eigenvalue weighted by molar-refractivity contribution is 0.208. The third kappa shape index (κ3) is 3.93. The Balaban J connectivity index is 1.47. The van der Waals surface area contributed by atoms with Crippen molar-refractivity contribution >= 4 is 6.03 Å². The number of aromatic nitrogens is 2. The SMILES string of the molecule is Cn1cnc([C@@H]2CN(C(=O)NCCC3=CCCCC3)C[C@H]2N)c1. The van der Waals surface area contributed by atoms with Gasteiger partial charge in [-0.1, -0.05) is 11.6 Å². The topological polar surface area (TPSA) is 76.2 Å². The lowest BCUT2D eigenvalue weighted by Gasteiger charge is -2.18. The van der Waals surface area contributed by atoms with E-state index >= 15 is 0 Å². The second-order valence-electron chi connectivity index (χ2n) is 6.73. The number of likely N-dealkylation sites (tertiary alicyclic amines) is 1. The number of nitrogens with zero attached hydrogens (tertiary/aromatic N) is 3. The van der Waals surface area contributed by atoms with E-state index in [0.717, 1.165) is 12.1 Å². The van der Waals surface area contributed by atoms with Crippen molar-refractivity contribution in [2.45, 2.75) is 44.1 Å².